The Kier molecular flexibility index (Phi) is 5.80. The van der Waals surface area contributed by atoms with E-state index in [-0.39, 0.29) is 6.03 Å². The van der Waals surface area contributed by atoms with E-state index in [1.54, 1.807) is 32.4 Å². The Balaban J connectivity index is 1.68. The van der Waals surface area contributed by atoms with Crippen molar-refractivity contribution in [1.29, 1.82) is 0 Å². The van der Waals surface area contributed by atoms with Gasteiger partial charge in [-0.05, 0) is 30.2 Å². The van der Waals surface area contributed by atoms with Gasteiger partial charge < -0.3 is 25.1 Å². The van der Waals surface area contributed by atoms with Crippen LogP contribution < -0.4 is 20.1 Å². The maximum absolute atomic E-state index is 12.9. The molecule has 3 aromatic carbocycles. The highest BCUT2D eigenvalue weighted by molar-refractivity contribution is 6.11. The lowest BCUT2D eigenvalue weighted by Crippen LogP contribution is -2.20. The van der Waals surface area contributed by atoms with Crippen LogP contribution in [0.15, 0.2) is 66.7 Å². The van der Waals surface area contributed by atoms with Gasteiger partial charge in [0.15, 0.2) is 0 Å². The quantitative estimate of drug-likeness (QED) is 0.358. The van der Waals surface area contributed by atoms with Crippen molar-refractivity contribution in [2.75, 3.05) is 24.9 Å². The van der Waals surface area contributed by atoms with Crippen molar-refractivity contribution in [2.24, 2.45) is 0 Å². The summed E-state index contributed by atoms with van der Waals surface area (Å²) in [6.45, 7) is 2.13. The van der Waals surface area contributed by atoms with Gasteiger partial charge >= 0.3 is 6.03 Å². The molecule has 4 rings (SSSR count). The number of H-pyrrole nitrogens is 1. The number of hydrogen-bond donors (Lipinski definition) is 3. The van der Waals surface area contributed by atoms with Crippen LogP contribution in [0.4, 0.5) is 16.2 Å². The molecule has 31 heavy (non-hydrogen) atoms. The molecule has 0 saturated heterocycles. The topological polar surface area (TPSA) is 75.4 Å². The van der Waals surface area contributed by atoms with Crippen molar-refractivity contribution in [3.05, 3.63) is 72.3 Å². The number of carbonyl (C=O) groups is 1. The van der Waals surface area contributed by atoms with Gasteiger partial charge in [-0.2, -0.15) is 0 Å². The molecule has 2 amide bonds. The number of para-hydroxylation sites is 1. The number of ether oxygens (including phenoxy) is 2. The first kappa shape index (κ1) is 20.3. The van der Waals surface area contributed by atoms with Crippen LogP contribution in [0.3, 0.4) is 0 Å². The summed E-state index contributed by atoms with van der Waals surface area (Å²) < 4.78 is 10.6. The summed E-state index contributed by atoms with van der Waals surface area (Å²) in [5.74, 6) is 1.17. The minimum Gasteiger partial charge on any atom is -0.497 e. The predicted octanol–water partition coefficient (Wildman–Crippen LogP) is 6.06. The first-order chi connectivity index (χ1) is 15.1. The number of urea groups is 1. The third kappa shape index (κ3) is 4.19. The summed E-state index contributed by atoms with van der Waals surface area (Å²) in [5.41, 5.74) is 5.31. The largest absolute Gasteiger partial charge is 0.497 e. The standard InChI is InChI=1S/C25H25N3O3/c1-4-16-9-11-17(12-10-16)23-24(19-7-5-6-8-20(19)26-23)28-25(29)27-21-15-18(30-2)13-14-22(21)31-3/h5-15,26H,4H2,1-3H3,(H2,27,28,29). The SMILES string of the molecule is CCc1ccc(-c2[nH]c3ccccc3c2NC(=O)Nc2cc(OC)ccc2OC)cc1. The smallest absolute Gasteiger partial charge is 0.323 e. The monoisotopic (exact) mass is 415 g/mol. The molecule has 1 aromatic heterocycles. The Labute approximate surface area is 181 Å². The van der Waals surface area contributed by atoms with Gasteiger partial charge in [0.2, 0.25) is 0 Å². The van der Waals surface area contributed by atoms with Gasteiger partial charge in [0.1, 0.15) is 11.5 Å². The van der Waals surface area contributed by atoms with E-state index in [4.69, 9.17) is 9.47 Å². The minimum absolute atomic E-state index is 0.372. The number of nitrogens with one attached hydrogen (secondary N) is 3. The summed E-state index contributed by atoms with van der Waals surface area (Å²) in [7, 11) is 3.14. The molecule has 158 valence electrons. The average molecular weight is 415 g/mol. The first-order valence-corrected chi connectivity index (χ1v) is 10.1. The normalized spacial score (nSPS) is 10.7. The predicted molar refractivity (Wildman–Crippen MR) is 125 cm³/mol. The lowest BCUT2D eigenvalue weighted by Gasteiger charge is -2.13. The highest BCUT2D eigenvalue weighted by atomic mass is 16.5. The Morgan fingerprint density at radius 2 is 1.71 bits per heavy atom. The fourth-order valence-corrected chi connectivity index (χ4v) is 3.57. The van der Waals surface area contributed by atoms with Crippen LogP contribution in [0, 0.1) is 0 Å². The molecule has 0 saturated carbocycles. The second-order valence-electron chi connectivity index (χ2n) is 7.12. The van der Waals surface area contributed by atoms with Crippen molar-refractivity contribution in [3.63, 3.8) is 0 Å². The number of anilines is 2. The fraction of sp³-hybridized carbons (Fsp3) is 0.160. The number of rotatable bonds is 6. The molecule has 6 nitrogen and oxygen atoms in total. The van der Waals surface area contributed by atoms with Crippen LogP contribution in [0.1, 0.15) is 12.5 Å². The number of aromatic amines is 1. The number of hydrogen-bond acceptors (Lipinski definition) is 3. The van der Waals surface area contributed by atoms with Crippen LogP contribution >= 0.6 is 0 Å². The zero-order chi connectivity index (χ0) is 21.8. The second-order valence-corrected chi connectivity index (χ2v) is 7.12. The van der Waals surface area contributed by atoms with Crippen molar-refractivity contribution in [3.8, 4) is 22.8 Å². The first-order valence-electron chi connectivity index (χ1n) is 10.1. The van der Waals surface area contributed by atoms with Crippen LogP contribution in [-0.2, 0) is 6.42 Å². The summed E-state index contributed by atoms with van der Waals surface area (Å²) in [6.07, 6.45) is 0.975. The highest BCUT2D eigenvalue weighted by Gasteiger charge is 2.17. The molecule has 0 spiro atoms. The van der Waals surface area contributed by atoms with Crippen molar-refractivity contribution in [1.82, 2.24) is 4.98 Å². The van der Waals surface area contributed by atoms with E-state index in [1.807, 2.05) is 24.3 Å². The zero-order valence-electron chi connectivity index (χ0n) is 17.8. The number of benzene rings is 3. The summed E-state index contributed by atoms with van der Waals surface area (Å²) in [4.78, 5) is 16.4. The van der Waals surface area contributed by atoms with Crippen LogP contribution in [0.5, 0.6) is 11.5 Å². The van der Waals surface area contributed by atoms with Crippen molar-refractivity contribution >= 4 is 28.3 Å². The van der Waals surface area contributed by atoms with Gasteiger partial charge in [-0.1, -0.05) is 49.4 Å². The van der Waals surface area contributed by atoms with E-state index in [1.165, 1.54) is 5.56 Å². The van der Waals surface area contributed by atoms with E-state index in [2.05, 4.69) is 46.8 Å². The lowest BCUT2D eigenvalue weighted by atomic mass is 10.1. The molecule has 4 aromatic rings. The van der Waals surface area contributed by atoms with Crippen molar-refractivity contribution in [2.45, 2.75) is 13.3 Å². The van der Waals surface area contributed by atoms with Crippen LogP contribution in [0.2, 0.25) is 0 Å². The highest BCUT2D eigenvalue weighted by Crippen LogP contribution is 2.36. The van der Waals surface area contributed by atoms with Gasteiger partial charge in [0.05, 0.1) is 31.3 Å². The van der Waals surface area contributed by atoms with Crippen LogP contribution in [-0.4, -0.2) is 25.2 Å². The summed E-state index contributed by atoms with van der Waals surface area (Å²) >= 11 is 0. The average Bonchev–Trinajstić information content (AvgIpc) is 3.17. The molecule has 0 bridgehead atoms. The number of carbonyl (C=O) groups excluding carboxylic acids is 1. The molecule has 6 heteroatoms. The molecule has 0 aliphatic carbocycles. The third-order valence-corrected chi connectivity index (χ3v) is 5.25. The number of fused-ring (bicyclic) bond motifs is 1. The Bertz CT molecular complexity index is 1210. The fourth-order valence-electron chi connectivity index (χ4n) is 3.57. The summed E-state index contributed by atoms with van der Waals surface area (Å²) in [6, 6.07) is 21.1. The molecular weight excluding hydrogens is 390 g/mol. The Morgan fingerprint density at radius 3 is 2.42 bits per heavy atom. The number of methoxy groups -OCH3 is 2. The van der Waals surface area contributed by atoms with Gasteiger partial charge in [-0.15, -0.1) is 0 Å². The number of amides is 2. The molecule has 0 radical (unpaired) electrons. The van der Waals surface area contributed by atoms with Gasteiger partial charge in [-0.3, -0.25) is 0 Å². The van der Waals surface area contributed by atoms with Crippen molar-refractivity contribution < 1.29 is 14.3 Å². The van der Waals surface area contributed by atoms with Gasteiger partial charge in [0.25, 0.3) is 0 Å². The maximum atomic E-state index is 12.9. The van der Waals surface area contributed by atoms with E-state index in [0.717, 1.165) is 34.3 Å². The second kappa shape index (κ2) is 8.83. The zero-order valence-corrected chi connectivity index (χ0v) is 17.8. The number of aromatic nitrogens is 1. The molecule has 1 heterocycles. The molecular formula is C25H25N3O3. The Hall–Kier alpha value is -3.93. The van der Waals surface area contributed by atoms with Gasteiger partial charge in [-0.25, -0.2) is 4.79 Å². The van der Waals surface area contributed by atoms with E-state index in [0.29, 0.717) is 17.2 Å². The third-order valence-electron chi connectivity index (χ3n) is 5.25. The van der Waals surface area contributed by atoms with E-state index >= 15 is 0 Å². The lowest BCUT2D eigenvalue weighted by molar-refractivity contribution is 0.262. The van der Waals surface area contributed by atoms with E-state index in [9.17, 15) is 4.79 Å². The molecule has 0 aliphatic heterocycles. The molecule has 0 fully saturated rings. The Morgan fingerprint density at radius 1 is 0.935 bits per heavy atom. The molecule has 0 unspecified atom stereocenters. The van der Waals surface area contributed by atoms with Gasteiger partial charge in [0, 0.05) is 22.5 Å². The van der Waals surface area contributed by atoms with E-state index < -0.39 is 0 Å². The molecule has 3 N–H and O–H groups in total. The minimum atomic E-state index is -0.372. The van der Waals surface area contributed by atoms with Crippen LogP contribution in [0.25, 0.3) is 22.2 Å². The number of aryl methyl sites for hydroxylation is 1. The molecule has 0 aliphatic rings. The maximum Gasteiger partial charge on any atom is 0.323 e. The molecule has 0 atom stereocenters. The summed E-state index contributed by atoms with van der Waals surface area (Å²) in [5, 5.41) is 6.82.